The lowest BCUT2D eigenvalue weighted by Crippen LogP contribution is -2.36. The second-order valence-corrected chi connectivity index (χ2v) is 8.43. The number of hydrogen-bond donors (Lipinski definition) is 3. The number of hydrogen-bond acceptors (Lipinski definition) is 4. The van der Waals surface area contributed by atoms with Crippen LogP contribution in [0.15, 0.2) is 23.1 Å². The Balaban J connectivity index is 2.17. The summed E-state index contributed by atoms with van der Waals surface area (Å²) in [6, 6.07) is 6.13. The summed E-state index contributed by atoms with van der Waals surface area (Å²) in [6.07, 6.45) is 5.43. The van der Waals surface area contributed by atoms with E-state index in [1.807, 2.05) is 6.07 Å². The molecule has 0 saturated heterocycles. The van der Waals surface area contributed by atoms with Gasteiger partial charge in [0.15, 0.2) is 0 Å². The number of thioether (sulfide) groups is 1. The summed E-state index contributed by atoms with van der Waals surface area (Å²) in [4.78, 5) is 14.2. The second kappa shape index (κ2) is 9.48. The van der Waals surface area contributed by atoms with Gasteiger partial charge in [-0.05, 0) is 55.1 Å². The van der Waals surface area contributed by atoms with Gasteiger partial charge >= 0.3 is 0 Å². The van der Waals surface area contributed by atoms with Gasteiger partial charge in [-0.15, -0.1) is 11.8 Å². The molecule has 0 radical (unpaired) electrons. The maximum atomic E-state index is 13.0. The third-order valence-electron chi connectivity index (χ3n) is 5.30. The monoisotopic (exact) mass is 363 g/mol. The molecule has 0 bridgehead atoms. The molecule has 1 amide bonds. The van der Waals surface area contributed by atoms with E-state index < -0.39 is 0 Å². The summed E-state index contributed by atoms with van der Waals surface area (Å²) in [5.74, 6) is 1.91. The van der Waals surface area contributed by atoms with Gasteiger partial charge in [0.2, 0.25) is 5.91 Å². The standard InChI is InChI=1S/C20H33N3OS/c1-13(2)16-7-5-14(3)11-17(16)20(24)23-18-8-6-15(25-4)12-19(18)22-10-9-21/h6,8,12-14,16-17,22H,5,7,9-11,21H2,1-4H3,(H,23,24)/t14-,16+,17-/m1/s1. The lowest BCUT2D eigenvalue weighted by molar-refractivity contribution is -0.123. The van der Waals surface area contributed by atoms with E-state index in [2.05, 4.69) is 49.8 Å². The van der Waals surface area contributed by atoms with Crippen molar-refractivity contribution in [3.05, 3.63) is 18.2 Å². The lowest BCUT2D eigenvalue weighted by atomic mass is 9.70. The van der Waals surface area contributed by atoms with Crippen LogP contribution < -0.4 is 16.4 Å². The number of rotatable bonds is 7. The molecule has 1 aliphatic rings. The Kier molecular flexibility index (Phi) is 7.63. The Hall–Kier alpha value is -1.20. The fourth-order valence-electron chi connectivity index (χ4n) is 3.84. The Morgan fingerprint density at radius 3 is 2.72 bits per heavy atom. The van der Waals surface area contributed by atoms with Gasteiger partial charge in [-0.25, -0.2) is 0 Å². The summed E-state index contributed by atoms with van der Waals surface area (Å²) in [6.45, 7) is 7.99. The van der Waals surface area contributed by atoms with Crippen LogP contribution in [-0.4, -0.2) is 25.3 Å². The first kappa shape index (κ1) is 20.1. The number of amides is 1. The summed E-state index contributed by atoms with van der Waals surface area (Å²) in [5, 5.41) is 6.53. The third-order valence-corrected chi connectivity index (χ3v) is 6.03. The van der Waals surface area contributed by atoms with E-state index in [1.165, 1.54) is 11.3 Å². The Labute approximate surface area is 156 Å². The van der Waals surface area contributed by atoms with Crippen molar-refractivity contribution in [1.82, 2.24) is 0 Å². The first-order chi connectivity index (χ1) is 12.0. The van der Waals surface area contributed by atoms with Crippen LogP contribution in [-0.2, 0) is 4.79 Å². The first-order valence-electron chi connectivity index (χ1n) is 9.39. The van der Waals surface area contributed by atoms with Gasteiger partial charge < -0.3 is 16.4 Å². The van der Waals surface area contributed by atoms with Crippen LogP contribution in [0.25, 0.3) is 0 Å². The normalized spacial score (nSPS) is 23.5. The zero-order valence-electron chi connectivity index (χ0n) is 16.0. The third kappa shape index (κ3) is 5.38. The molecular weight excluding hydrogens is 330 g/mol. The number of carbonyl (C=O) groups is 1. The highest BCUT2D eigenvalue weighted by molar-refractivity contribution is 7.98. The van der Waals surface area contributed by atoms with Gasteiger partial charge in [-0.1, -0.05) is 27.2 Å². The molecule has 1 aromatic rings. The van der Waals surface area contributed by atoms with E-state index in [0.29, 0.717) is 30.8 Å². The second-order valence-electron chi connectivity index (χ2n) is 7.55. The minimum atomic E-state index is 0.103. The summed E-state index contributed by atoms with van der Waals surface area (Å²) < 4.78 is 0. The van der Waals surface area contributed by atoms with Crippen LogP contribution in [0.3, 0.4) is 0 Å². The van der Waals surface area contributed by atoms with Gasteiger partial charge in [0.05, 0.1) is 11.4 Å². The highest BCUT2D eigenvalue weighted by Gasteiger charge is 2.35. The molecule has 1 fully saturated rings. The van der Waals surface area contributed by atoms with Crippen molar-refractivity contribution < 1.29 is 4.79 Å². The molecule has 1 aromatic carbocycles. The zero-order valence-corrected chi connectivity index (χ0v) is 16.8. The molecule has 3 atom stereocenters. The van der Waals surface area contributed by atoms with Crippen molar-refractivity contribution in [2.45, 2.75) is 44.9 Å². The number of anilines is 2. The van der Waals surface area contributed by atoms with Crippen molar-refractivity contribution in [2.75, 3.05) is 30.0 Å². The largest absolute Gasteiger partial charge is 0.382 e. The van der Waals surface area contributed by atoms with Crippen LogP contribution in [0.4, 0.5) is 11.4 Å². The number of nitrogens with one attached hydrogen (secondary N) is 2. The summed E-state index contributed by atoms with van der Waals surface area (Å²) in [7, 11) is 0. The molecule has 25 heavy (non-hydrogen) atoms. The van der Waals surface area contributed by atoms with Crippen LogP contribution in [0.2, 0.25) is 0 Å². The molecule has 0 spiro atoms. The Morgan fingerprint density at radius 1 is 1.32 bits per heavy atom. The van der Waals surface area contributed by atoms with E-state index in [9.17, 15) is 4.79 Å². The average molecular weight is 364 g/mol. The first-order valence-corrected chi connectivity index (χ1v) is 10.6. The fourth-order valence-corrected chi connectivity index (χ4v) is 4.28. The van der Waals surface area contributed by atoms with Crippen molar-refractivity contribution in [3.8, 4) is 0 Å². The molecule has 0 heterocycles. The Morgan fingerprint density at radius 2 is 2.08 bits per heavy atom. The average Bonchev–Trinajstić information content (AvgIpc) is 2.60. The fraction of sp³-hybridized carbons (Fsp3) is 0.650. The van der Waals surface area contributed by atoms with Gasteiger partial charge in [-0.2, -0.15) is 0 Å². The maximum absolute atomic E-state index is 13.0. The van der Waals surface area contributed by atoms with E-state index in [1.54, 1.807) is 11.8 Å². The van der Waals surface area contributed by atoms with Crippen LogP contribution in [0, 0.1) is 23.7 Å². The summed E-state index contributed by atoms with van der Waals surface area (Å²) >= 11 is 1.69. The summed E-state index contributed by atoms with van der Waals surface area (Å²) in [5.41, 5.74) is 7.44. The predicted molar refractivity (Wildman–Crippen MR) is 109 cm³/mol. The topological polar surface area (TPSA) is 67.2 Å². The predicted octanol–water partition coefficient (Wildman–Crippen LogP) is 4.43. The quantitative estimate of drug-likeness (QED) is 0.627. The molecule has 140 valence electrons. The molecule has 1 saturated carbocycles. The van der Waals surface area contributed by atoms with Crippen molar-refractivity contribution in [3.63, 3.8) is 0 Å². The minimum absolute atomic E-state index is 0.103. The molecule has 0 aromatic heterocycles. The van der Waals surface area contributed by atoms with Gasteiger partial charge in [0, 0.05) is 23.9 Å². The van der Waals surface area contributed by atoms with Crippen LogP contribution >= 0.6 is 11.8 Å². The van der Waals surface area contributed by atoms with Crippen molar-refractivity contribution >= 4 is 29.0 Å². The van der Waals surface area contributed by atoms with E-state index >= 15 is 0 Å². The van der Waals surface area contributed by atoms with E-state index in [-0.39, 0.29) is 11.8 Å². The lowest BCUT2D eigenvalue weighted by Gasteiger charge is -2.36. The molecule has 0 aliphatic heterocycles. The Bertz CT molecular complexity index is 576. The number of carbonyl (C=O) groups excluding carboxylic acids is 1. The van der Waals surface area contributed by atoms with Crippen molar-refractivity contribution in [2.24, 2.45) is 29.4 Å². The number of nitrogens with two attached hydrogens (primary N) is 1. The molecule has 0 unspecified atom stereocenters. The van der Waals surface area contributed by atoms with Crippen molar-refractivity contribution in [1.29, 1.82) is 0 Å². The molecular formula is C20H33N3OS. The van der Waals surface area contributed by atoms with Gasteiger partial charge in [-0.3, -0.25) is 4.79 Å². The highest BCUT2D eigenvalue weighted by Crippen LogP contribution is 2.39. The van der Waals surface area contributed by atoms with Crippen LogP contribution in [0.1, 0.15) is 40.0 Å². The highest BCUT2D eigenvalue weighted by atomic mass is 32.2. The van der Waals surface area contributed by atoms with E-state index in [4.69, 9.17) is 5.73 Å². The van der Waals surface area contributed by atoms with Gasteiger partial charge in [0.1, 0.15) is 0 Å². The zero-order chi connectivity index (χ0) is 18.4. The number of benzene rings is 1. The smallest absolute Gasteiger partial charge is 0.227 e. The SMILES string of the molecule is CSc1ccc(NC(=O)[C@@H]2C[C@H](C)CC[C@H]2C(C)C)c(NCCN)c1. The molecule has 4 nitrogen and oxygen atoms in total. The maximum Gasteiger partial charge on any atom is 0.227 e. The molecule has 1 aliphatic carbocycles. The molecule has 4 N–H and O–H groups in total. The molecule has 5 heteroatoms. The molecule has 2 rings (SSSR count). The van der Waals surface area contributed by atoms with E-state index in [0.717, 1.165) is 24.2 Å². The minimum Gasteiger partial charge on any atom is -0.382 e. The van der Waals surface area contributed by atoms with Crippen LogP contribution in [0.5, 0.6) is 0 Å². The van der Waals surface area contributed by atoms with Gasteiger partial charge in [0.25, 0.3) is 0 Å².